The molecule has 1 aliphatic heterocycles. The highest BCUT2D eigenvalue weighted by atomic mass is 127. The van der Waals surface area contributed by atoms with E-state index in [9.17, 15) is 0 Å². The van der Waals surface area contributed by atoms with Crippen LogP contribution in [0.2, 0.25) is 0 Å². The predicted molar refractivity (Wildman–Crippen MR) is 59.5 cm³/mol. The first kappa shape index (κ1) is 8.51. The summed E-state index contributed by atoms with van der Waals surface area (Å²) >= 11 is 2.46. The van der Waals surface area contributed by atoms with Crippen LogP contribution in [0.4, 0.5) is 0 Å². The van der Waals surface area contributed by atoms with Gasteiger partial charge >= 0.3 is 0 Å². The summed E-state index contributed by atoms with van der Waals surface area (Å²) in [5.74, 6) is 0. The molecule has 12 heavy (non-hydrogen) atoms. The molecule has 0 fully saturated rings. The van der Waals surface area contributed by atoms with Crippen molar-refractivity contribution in [3.8, 4) is 0 Å². The van der Waals surface area contributed by atoms with Crippen molar-refractivity contribution in [2.24, 2.45) is 0 Å². The summed E-state index contributed by atoms with van der Waals surface area (Å²) in [5, 5.41) is 3.49. The summed E-state index contributed by atoms with van der Waals surface area (Å²) in [7, 11) is 0. The fraction of sp³-hybridized carbons (Fsp3) is 0.400. The molecule has 1 heterocycles. The maximum Gasteiger partial charge on any atom is 0.0852 e. The zero-order valence-electron chi connectivity index (χ0n) is 6.89. The van der Waals surface area contributed by atoms with Crippen molar-refractivity contribution in [2.75, 3.05) is 6.54 Å². The molecule has 1 atom stereocenters. The second kappa shape index (κ2) is 3.75. The molecule has 1 N–H and O–H groups in total. The van der Waals surface area contributed by atoms with Crippen LogP contribution in [0.25, 0.3) is 0 Å². The molecule has 1 aromatic carbocycles. The van der Waals surface area contributed by atoms with Gasteiger partial charge in [-0.3, -0.25) is 0 Å². The minimum Gasteiger partial charge on any atom is -0.302 e. The highest BCUT2D eigenvalue weighted by molar-refractivity contribution is 14.1. The van der Waals surface area contributed by atoms with E-state index in [1.54, 1.807) is 0 Å². The van der Waals surface area contributed by atoms with E-state index in [1.165, 1.54) is 24.0 Å². The molecule has 0 amide bonds. The van der Waals surface area contributed by atoms with Crippen LogP contribution in [0.3, 0.4) is 0 Å². The molecule has 0 spiro atoms. The number of nitrogens with one attached hydrogen (secondary N) is 1. The third-order valence-corrected chi connectivity index (χ3v) is 3.39. The molecule has 64 valence electrons. The lowest BCUT2D eigenvalue weighted by Gasteiger charge is -2.10. The maximum absolute atomic E-state index is 3.49. The first-order valence-corrected chi connectivity index (χ1v) is 5.58. The van der Waals surface area contributed by atoms with E-state index in [-0.39, 0.29) is 0 Å². The lowest BCUT2D eigenvalue weighted by atomic mass is 10.0. The molecular weight excluding hydrogens is 261 g/mol. The molecule has 2 rings (SSSR count). The zero-order valence-corrected chi connectivity index (χ0v) is 9.04. The number of halogens is 1. The molecule has 1 aromatic rings. The summed E-state index contributed by atoms with van der Waals surface area (Å²) in [6.45, 7) is 1.14. The fourth-order valence-corrected chi connectivity index (χ4v) is 2.55. The quantitative estimate of drug-likeness (QED) is 0.435. The summed E-state index contributed by atoms with van der Waals surface area (Å²) in [6, 6.07) is 8.73. The first-order chi connectivity index (χ1) is 5.88. The van der Waals surface area contributed by atoms with E-state index in [0.717, 1.165) is 6.54 Å². The molecule has 0 saturated carbocycles. The van der Waals surface area contributed by atoms with Gasteiger partial charge in [0.15, 0.2) is 0 Å². The summed E-state index contributed by atoms with van der Waals surface area (Å²) in [6.07, 6.45) is 2.49. The molecule has 1 nitrogen and oxygen atoms in total. The van der Waals surface area contributed by atoms with E-state index >= 15 is 0 Å². The van der Waals surface area contributed by atoms with Crippen molar-refractivity contribution in [3.05, 3.63) is 35.4 Å². The van der Waals surface area contributed by atoms with E-state index in [2.05, 4.69) is 52.2 Å². The zero-order chi connectivity index (χ0) is 8.39. The van der Waals surface area contributed by atoms with Crippen LogP contribution in [-0.2, 0) is 6.42 Å². The van der Waals surface area contributed by atoms with Gasteiger partial charge in [-0.25, -0.2) is 0 Å². The van der Waals surface area contributed by atoms with Crippen LogP contribution in [-0.4, -0.2) is 6.54 Å². The van der Waals surface area contributed by atoms with Gasteiger partial charge in [0.2, 0.25) is 0 Å². The van der Waals surface area contributed by atoms with Gasteiger partial charge in [-0.15, -0.1) is 0 Å². The largest absolute Gasteiger partial charge is 0.302 e. The van der Waals surface area contributed by atoms with Gasteiger partial charge in [0, 0.05) is 0 Å². The molecular formula is C10H12IN. The van der Waals surface area contributed by atoms with Gasteiger partial charge in [0.1, 0.15) is 0 Å². The molecule has 2 heteroatoms. The first-order valence-electron chi connectivity index (χ1n) is 4.33. The number of fused-ring (bicyclic) bond motifs is 1. The Bertz CT molecular complexity index is 272. The molecule has 0 aliphatic carbocycles. The monoisotopic (exact) mass is 273 g/mol. The lowest BCUT2D eigenvalue weighted by Crippen LogP contribution is -2.15. The van der Waals surface area contributed by atoms with Gasteiger partial charge in [-0.1, -0.05) is 46.9 Å². The second-order valence-corrected chi connectivity index (χ2v) is 4.36. The third-order valence-electron chi connectivity index (χ3n) is 2.27. The van der Waals surface area contributed by atoms with Crippen LogP contribution in [0, 0.1) is 0 Å². The third kappa shape index (κ3) is 1.64. The SMILES string of the molecule is IC1NCCCc2ccccc21. The van der Waals surface area contributed by atoms with E-state index in [1.807, 2.05) is 0 Å². The van der Waals surface area contributed by atoms with Gasteiger partial charge in [0.25, 0.3) is 0 Å². The molecule has 0 bridgehead atoms. The molecule has 0 radical (unpaired) electrons. The predicted octanol–water partition coefficient (Wildman–Crippen LogP) is 2.66. The Kier molecular flexibility index (Phi) is 2.66. The van der Waals surface area contributed by atoms with Gasteiger partial charge in [0.05, 0.1) is 4.05 Å². The number of alkyl halides is 1. The van der Waals surface area contributed by atoms with Crippen LogP contribution in [0.5, 0.6) is 0 Å². The lowest BCUT2D eigenvalue weighted by molar-refractivity contribution is 0.684. The van der Waals surface area contributed by atoms with E-state index in [0.29, 0.717) is 4.05 Å². The van der Waals surface area contributed by atoms with Gasteiger partial charge in [-0.2, -0.15) is 0 Å². The Balaban J connectivity index is 2.39. The summed E-state index contributed by atoms with van der Waals surface area (Å²) in [5.41, 5.74) is 2.98. The minimum absolute atomic E-state index is 0.501. The number of aryl methyl sites for hydroxylation is 1. The standard InChI is InChI=1S/C10H12IN/c11-10-9-6-2-1-4-8(9)5-3-7-12-10/h1-2,4,6,10,12H,3,5,7H2. The normalized spacial score (nSPS) is 22.9. The van der Waals surface area contributed by atoms with Crippen molar-refractivity contribution >= 4 is 22.6 Å². The van der Waals surface area contributed by atoms with Crippen molar-refractivity contribution in [2.45, 2.75) is 16.9 Å². The highest BCUT2D eigenvalue weighted by Crippen LogP contribution is 2.26. The van der Waals surface area contributed by atoms with Crippen LogP contribution in [0.15, 0.2) is 24.3 Å². The van der Waals surface area contributed by atoms with Crippen molar-refractivity contribution in [1.29, 1.82) is 0 Å². The molecule has 1 unspecified atom stereocenters. The van der Waals surface area contributed by atoms with Crippen LogP contribution >= 0.6 is 22.6 Å². The van der Waals surface area contributed by atoms with Crippen LogP contribution < -0.4 is 5.32 Å². The number of rotatable bonds is 0. The smallest absolute Gasteiger partial charge is 0.0852 e. The Labute approximate surface area is 86.7 Å². The Morgan fingerprint density at radius 3 is 3.08 bits per heavy atom. The summed E-state index contributed by atoms with van der Waals surface area (Å²) < 4.78 is 0.501. The average Bonchev–Trinajstić information content (AvgIpc) is 2.29. The number of hydrogen-bond acceptors (Lipinski definition) is 1. The number of benzene rings is 1. The Morgan fingerprint density at radius 1 is 1.33 bits per heavy atom. The fourth-order valence-electron chi connectivity index (χ4n) is 1.63. The van der Waals surface area contributed by atoms with Gasteiger partial charge < -0.3 is 5.32 Å². The minimum atomic E-state index is 0.501. The van der Waals surface area contributed by atoms with E-state index in [4.69, 9.17) is 0 Å². The van der Waals surface area contributed by atoms with Crippen LogP contribution in [0.1, 0.15) is 21.6 Å². The molecule has 0 saturated heterocycles. The Hall–Kier alpha value is -0.0900. The number of hydrogen-bond donors (Lipinski definition) is 1. The average molecular weight is 273 g/mol. The summed E-state index contributed by atoms with van der Waals surface area (Å²) in [4.78, 5) is 0. The topological polar surface area (TPSA) is 12.0 Å². The van der Waals surface area contributed by atoms with Crippen molar-refractivity contribution < 1.29 is 0 Å². The van der Waals surface area contributed by atoms with E-state index < -0.39 is 0 Å². The second-order valence-electron chi connectivity index (χ2n) is 3.12. The van der Waals surface area contributed by atoms with Crippen molar-refractivity contribution in [3.63, 3.8) is 0 Å². The highest BCUT2D eigenvalue weighted by Gasteiger charge is 2.13. The molecule has 0 aromatic heterocycles. The Morgan fingerprint density at radius 2 is 2.17 bits per heavy atom. The van der Waals surface area contributed by atoms with Crippen molar-refractivity contribution in [1.82, 2.24) is 5.32 Å². The molecule has 1 aliphatic rings. The van der Waals surface area contributed by atoms with Gasteiger partial charge in [-0.05, 0) is 30.5 Å². The maximum atomic E-state index is 3.49.